The van der Waals surface area contributed by atoms with Gasteiger partial charge in [-0.1, -0.05) is 0 Å². The molecule has 1 N–H and O–H groups in total. The molecule has 0 spiro atoms. The Morgan fingerprint density at radius 1 is 1.60 bits per heavy atom. The van der Waals surface area contributed by atoms with Gasteiger partial charge in [-0.2, -0.15) is 4.80 Å². The molecule has 1 unspecified atom stereocenters. The molecule has 1 fully saturated rings. The number of aryl methyl sites for hydroxylation is 1. The summed E-state index contributed by atoms with van der Waals surface area (Å²) in [7, 11) is 3.35. The third kappa shape index (κ3) is 1.87. The summed E-state index contributed by atoms with van der Waals surface area (Å²) >= 11 is 0. The number of rotatable bonds is 4. The molecule has 0 bridgehead atoms. The van der Waals surface area contributed by atoms with Gasteiger partial charge in [0.15, 0.2) is 5.82 Å². The predicted octanol–water partition coefficient (Wildman–Crippen LogP) is -0.317. The van der Waals surface area contributed by atoms with Crippen molar-refractivity contribution in [1.29, 1.82) is 0 Å². The molecule has 1 aliphatic carbocycles. The van der Waals surface area contributed by atoms with Crippen LogP contribution in [0.15, 0.2) is 0 Å². The number of aromatic nitrogens is 4. The monoisotopic (exact) mass is 212 g/mol. The topological polar surface area (TPSA) is 73.1 Å². The molecule has 0 aliphatic heterocycles. The molecule has 6 nitrogen and oxygen atoms in total. The first-order chi connectivity index (χ1) is 7.16. The van der Waals surface area contributed by atoms with Crippen LogP contribution in [-0.4, -0.2) is 44.1 Å². The van der Waals surface area contributed by atoms with E-state index in [2.05, 4.69) is 15.4 Å². The van der Waals surface area contributed by atoms with Crippen molar-refractivity contribution in [3.8, 4) is 0 Å². The van der Waals surface area contributed by atoms with Crippen molar-refractivity contribution < 1.29 is 9.84 Å². The average molecular weight is 212 g/mol. The van der Waals surface area contributed by atoms with Crippen molar-refractivity contribution in [3.63, 3.8) is 0 Å². The first-order valence-electron chi connectivity index (χ1n) is 5.12. The van der Waals surface area contributed by atoms with Crippen molar-refractivity contribution in [2.75, 3.05) is 7.11 Å². The molecule has 2 rings (SSSR count). The number of methoxy groups -OCH3 is 1. The van der Waals surface area contributed by atoms with E-state index in [9.17, 15) is 5.11 Å². The zero-order valence-electron chi connectivity index (χ0n) is 9.05. The smallest absolute Gasteiger partial charge is 0.177 e. The Hall–Kier alpha value is -1.01. The van der Waals surface area contributed by atoms with Gasteiger partial charge < -0.3 is 9.84 Å². The number of hydrogen-bond donors (Lipinski definition) is 1. The number of nitrogens with zero attached hydrogens (tertiary/aromatic N) is 4. The zero-order chi connectivity index (χ0) is 10.9. The molecule has 1 saturated carbocycles. The van der Waals surface area contributed by atoms with E-state index in [0.717, 1.165) is 19.3 Å². The van der Waals surface area contributed by atoms with Crippen LogP contribution in [0.2, 0.25) is 0 Å². The van der Waals surface area contributed by atoms with Crippen LogP contribution in [-0.2, 0) is 18.2 Å². The Labute approximate surface area is 88.2 Å². The minimum atomic E-state index is -0.541. The lowest BCUT2D eigenvalue weighted by Crippen LogP contribution is -2.51. The van der Waals surface area contributed by atoms with Crippen molar-refractivity contribution >= 4 is 0 Å². The highest BCUT2D eigenvalue weighted by molar-refractivity contribution is 4.99. The highest BCUT2D eigenvalue weighted by Crippen LogP contribution is 2.38. The molecule has 6 heteroatoms. The van der Waals surface area contributed by atoms with Gasteiger partial charge in [0.2, 0.25) is 0 Å². The number of aliphatic hydroxyl groups excluding tert-OH is 1. The molecule has 15 heavy (non-hydrogen) atoms. The van der Waals surface area contributed by atoms with Gasteiger partial charge in [-0.05, 0) is 24.5 Å². The van der Waals surface area contributed by atoms with E-state index >= 15 is 0 Å². The molecule has 1 atom stereocenters. The lowest BCUT2D eigenvalue weighted by molar-refractivity contribution is -0.149. The average Bonchev–Trinajstić information content (AvgIpc) is 2.50. The van der Waals surface area contributed by atoms with Crippen molar-refractivity contribution in [3.05, 3.63) is 5.82 Å². The second-order valence-corrected chi connectivity index (χ2v) is 4.04. The second kappa shape index (κ2) is 3.86. The molecular formula is C9H16N4O2. The first kappa shape index (κ1) is 10.5. The molecule has 1 aliphatic rings. The molecule has 1 aromatic rings. The molecule has 84 valence electrons. The molecule has 0 radical (unpaired) electrons. The summed E-state index contributed by atoms with van der Waals surface area (Å²) < 4.78 is 5.38. The SMILES string of the molecule is COC1(C(O)Cc2nnn(C)n2)CCC1. The third-order valence-electron chi connectivity index (χ3n) is 3.14. The van der Waals surface area contributed by atoms with Gasteiger partial charge in [0.25, 0.3) is 0 Å². The highest BCUT2D eigenvalue weighted by atomic mass is 16.5. The first-order valence-corrected chi connectivity index (χ1v) is 5.12. The van der Waals surface area contributed by atoms with Gasteiger partial charge in [-0.3, -0.25) is 0 Å². The molecule has 1 aromatic heterocycles. The fraction of sp³-hybridized carbons (Fsp3) is 0.889. The Morgan fingerprint density at radius 3 is 2.73 bits per heavy atom. The highest BCUT2D eigenvalue weighted by Gasteiger charge is 2.44. The van der Waals surface area contributed by atoms with E-state index in [1.807, 2.05) is 0 Å². The van der Waals surface area contributed by atoms with E-state index < -0.39 is 6.10 Å². The predicted molar refractivity (Wildman–Crippen MR) is 52.1 cm³/mol. The van der Waals surface area contributed by atoms with Gasteiger partial charge in [0.05, 0.1) is 18.8 Å². The zero-order valence-corrected chi connectivity index (χ0v) is 9.05. The Balaban J connectivity index is 1.99. The maximum absolute atomic E-state index is 10.0. The second-order valence-electron chi connectivity index (χ2n) is 4.04. The van der Waals surface area contributed by atoms with Crippen LogP contribution in [0.25, 0.3) is 0 Å². The molecular weight excluding hydrogens is 196 g/mol. The van der Waals surface area contributed by atoms with Crippen LogP contribution in [0.5, 0.6) is 0 Å². The van der Waals surface area contributed by atoms with Crippen LogP contribution >= 0.6 is 0 Å². The van der Waals surface area contributed by atoms with Gasteiger partial charge in [-0.25, -0.2) is 0 Å². The number of tetrazole rings is 1. The maximum atomic E-state index is 10.0. The van der Waals surface area contributed by atoms with E-state index in [0.29, 0.717) is 12.2 Å². The minimum absolute atomic E-state index is 0.376. The molecule has 0 saturated heterocycles. The number of hydrogen-bond acceptors (Lipinski definition) is 5. The summed E-state index contributed by atoms with van der Waals surface area (Å²) in [6.45, 7) is 0. The standard InChI is InChI=1S/C9H16N4O2/c1-13-11-8(10-12-13)6-7(14)9(15-2)4-3-5-9/h7,14H,3-6H2,1-2H3. The van der Waals surface area contributed by atoms with Crippen molar-refractivity contribution in [2.45, 2.75) is 37.4 Å². The van der Waals surface area contributed by atoms with Gasteiger partial charge in [-0.15, -0.1) is 10.2 Å². The molecule has 1 heterocycles. The van der Waals surface area contributed by atoms with E-state index in [-0.39, 0.29) is 5.60 Å². The van der Waals surface area contributed by atoms with Gasteiger partial charge in [0.1, 0.15) is 0 Å². The Morgan fingerprint density at radius 2 is 2.33 bits per heavy atom. The van der Waals surface area contributed by atoms with Crippen LogP contribution in [0.1, 0.15) is 25.1 Å². The van der Waals surface area contributed by atoms with E-state index in [1.165, 1.54) is 4.80 Å². The van der Waals surface area contributed by atoms with Gasteiger partial charge in [0, 0.05) is 13.5 Å². The molecule has 0 aromatic carbocycles. The third-order valence-corrected chi connectivity index (χ3v) is 3.14. The number of ether oxygens (including phenoxy) is 1. The maximum Gasteiger partial charge on any atom is 0.177 e. The van der Waals surface area contributed by atoms with Crippen LogP contribution < -0.4 is 0 Å². The fourth-order valence-corrected chi connectivity index (χ4v) is 1.96. The lowest BCUT2D eigenvalue weighted by atomic mass is 9.75. The van der Waals surface area contributed by atoms with Crippen LogP contribution in [0, 0.1) is 0 Å². The largest absolute Gasteiger partial charge is 0.390 e. The van der Waals surface area contributed by atoms with Crippen LogP contribution in [0.4, 0.5) is 0 Å². The Kier molecular flexibility index (Phi) is 2.70. The fourth-order valence-electron chi connectivity index (χ4n) is 1.96. The van der Waals surface area contributed by atoms with E-state index in [4.69, 9.17) is 4.74 Å². The number of aliphatic hydroxyl groups is 1. The summed E-state index contributed by atoms with van der Waals surface area (Å²) in [6.07, 6.45) is 2.79. The lowest BCUT2D eigenvalue weighted by Gasteiger charge is -2.43. The summed E-state index contributed by atoms with van der Waals surface area (Å²) in [5.74, 6) is 0.563. The van der Waals surface area contributed by atoms with E-state index in [1.54, 1.807) is 14.2 Å². The van der Waals surface area contributed by atoms with Crippen molar-refractivity contribution in [1.82, 2.24) is 20.2 Å². The minimum Gasteiger partial charge on any atom is -0.390 e. The van der Waals surface area contributed by atoms with Crippen LogP contribution in [0.3, 0.4) is 0 Å². The van der Waals surface area contributed by atoms with Crippen molar-refractivity contribution in [2.24, 2.45) is 7.05 Å². The summed E-state index contributed by atoms with van der Waals surface area (Å²) in [5.41, 5.74) is -0.376. The van der Waals surface area contributed by atoms with Gasteiger partial charge >= 0.3 is 0 Å². The summed E-state index contributed by atoms with van der Waals surface area (Å²) in [5, 5.41) is 21.6. The summed E-state index contributed by atoms with van der Waals surface area (Å²) in [6, 6.07) is 0. The molecule has 0 amide bonds. The Bertz CT molecular complexity index is 329. The normalized spacial score (nSPS) is 21.0. The summed E-state index contributed by atoms with van der Waals surface area (Å²) in [4.78, 5) is 1.39. The quantitative estimate of drug-likeness (QED) is 0.740.